The van der Waals surface area contributed by atoms with Gasteiger partial charge in [-0.25, -0.2) is 9.97 Å². The summed E-state index contributed by atoms with van der Waals surface area (Å²) in [6.45, 7) is 4.19. The number of carbonyl (C=O) groups is 1. The van der Waals surface area contributed by atoms with E-state index in [1.165, 1.54) is 0 Å². The van der Waals surface area contributed by atoms with E-state index in [-0.39, 0.29) is 11.7 Å². The third-order valence-corrected chi connectivity index (χ3v) is 3.98. The van der Waals surface area contributed by atoms with Crippen LogP contribution in [0.2, 0.25) is 0 Å². The number of nitrogens with one attached hydrogen (secondary N) is 3. The Hall–Kier alpha value is -1.95. The van der Waals surface area contributed by atoms with E-state index in [4.69, 9.17) is 0 Å². The fourth-order valence-corrected chi connectivity index (χ4v) is 2.76. The molecule has 0 amide bonds. The van der Waals surface area contributed by atoms with Crippen LogP contribution in [0.4, 0.5) is 5.82 Å². The second-order valence-corrected chi connectivity index (χ2v) is 5.22. The molecule has 6 heteroatoms. The predicted molar refractivity (Wildman–Crippen MR) is 77.5 cm³/mol. The molecule has 0 unspecified atom stereocenters. The predicted octanol–water partition coefficient (Wildman–Crippen LogP) is 1.18. The third kappa shape index (κ3) is 2.51. The van der Waals surface area contributed by atoms with Crippen molar-refractivity contribution in [1.82, 2.24) is 20.3 Å². The lowest BCUT2D eigenvalue weighted by Gasteiger charge is -2.15. The molecule has 0 spiro atoms. The number of Topliss-reactive ketones (excluding diaryl/α,β-unsaturated/α-hetero) is 1. The van der Waals surface area contributed by atoms with Gasteiger partial charge in [0.1, 0.15) is 11.3 Å². The van der Waals surface area contributed by atoms with Gasteiger partial charge in [0.25, 0.3) is 0 Å². The van der Waals surface area contributed by atoms with Crippen LogP contribution in [0.15, 0.2) is 18.5 Å². The lowest BCUT2D eigenvalue weighted by atomic mass is 9.90. The van der Waals surface area contributed by atoms with E-state index in [2.05, 4.69) is 32.5 Å². The zero-order chi connectivity index (χ0) is 13.9. The number of rotatable bonds is 5. The van der Waals surface area contributed by atoms with Crippen molar-refractivity contribution in [2.45, 2.75) is 13.3 Å². The van der Waals surface area contributed by atoms with E-state index >= 15 is 0 Å². The molecule has 0 aromatic carbocycles. The first kappa shape index (κ1) is 13.1. The molecule has 106 valence electrons. The van der Waals surface area contributed by atoms with Crippen LogP contribution in [-0.2, 0) is 4.79 Å². The summed E-state index contributed by atoms with van der Waals surface area (Å²) >= 11 is 0. The first-order chi connectivity index (χ1) is 9.78. The highest BCUT2D eigenvalue weighted by molar-refractivity contribution is 5.86. The molecule has 2 atom stereocenters. The van der Waals surface area contributed by atoms with Crippen LogP contribution in [0, 0.1) is 11.8 Å². The summed E-state index contributed by atoms with van der Waals surface area (Å²) < 4.78 is 0. The molecule has 2 aromatic heterocycles. The van der Waals surface area contributed by atoms with Crippen LogP contribution in [-0.4, -0.2) is 40.4 Å². The number of anilines is 1. The Balaban J connectivity index is 1.62. The molecule has 1 aliphatic heterocycles. The molecular weight excluding hydrogens is 254 g/mol. The SMILES string of the molecule is CC[C@@H]1CNC[C@@H]1C(=O)CNc1cnc2[nH]ccc2n1. The minimum atomic E-state index is 0.122. The number of H-pyrrole nitrogens is 1. The standard InChI is InChI=1S/C14H19N5O/c1-2-9-5-15-6-10(9)12(20)7-17-13-8-18-14-11(19-13)3-4-16-14/h3-4,8-10,15H,2,5-7H2,1H3,(H,16,18)(H,17,19)/t9-,10+/m1/s1. The molecule has 3 heterocycles. The fourth-order valence-electron chi connectivity index (χ4n) is 2.76. The van der Waals surface area contributed by atoms with Crippen molar-refractivity contribution in [2.75, 3.05) is 25.0 Å². The number of ketones is 1. The van der Waals surface area contributed by atoms with Gasteiger partial charge in [-0.1, -0.05) is 13.3 Å². The van der Waals surface area contributed by atoms with Gasteiger partial charge in [0.2, 0.25) is 0 Å². The van der Waals surface area contributed by atoms with Crippen molar-refractivity contribution >= 4 is 22.8 Å². The van der Waals surface area contributed by atoms with E-state index in [9.17, 15) is 4.79 Å². The van der Waals surface area contributed by atoms with Gasteiger partial charge in [-0.2, -0.15) is 0 Å². The summed E-state index contributed by atoms with van der Waals surface area (Å²) in [7, 11) is 0. The molecule has 3 rings (SSSR count). The minimum absolute atomic E-state index is 0.122. The Morgan fingerprint density at radius 1 is 1.50 bits per heavy atom. The summed E-state index contributed by atoms with van der Waals surface area (Å²) in [6, 6.07) is 1.86. The quantitative estimate of drug-likeness (QED) is 0.762. The van der Waals surface area contributed by atoms with Gasteiger partial charge < -0.3 is 15.6 Å². The lowest BCUT2D eigenvalue weighted by molar-refractivity contribution is -0.121. The maximum Gasteiger partial charge on any atom is 0.156 e. The van der Waals surface area contributed by atoms with Gasteiger partial charge in [0.15, 0.2) is 11.4 Å². The van der Waals surface area contributed by atoms with Gasteiger partial charge in [-0.15, -0.1) is 0 Å². The maximum atomic E-state index is 12.2. The van der Waals surface area contributed by atoms with Crippen molar-refractivity contribution in [3.63, 3.8) is 0 Å². The minimum Gasteiger partial charge on any atom is -0.362 e. The molecule has 2 aromatic rings. The number of aromatic amines is 1. The highest BCUT2D eigenvalue weighted by Gasteiger charge is 2.30. The van der Waals surface area contributed by atoms with Crippen LogP contribution in [0.5, 0.6) is 0 Å². The lowest BCUT2D eigenvalue weighted by Crippen LogP contribution is -2.28. The Morgan fingerprint density at radius 3 is 3.25 bits per heavy atom. The van der Waals surface area contributed by atoms with Gasteiger partial charge >= 0.3 is 0 Å². The first-order valence-electron chi connectivity index (χ1n) is 7.05. The molecule has 0 saturated carbocycles. The van der Waals surface area contributed by atoms with E-state index < -0.39 is 0 Å². The Labute approximate surface area is 117 Å². The van der Waals surface area contributed by atoms with Crippen LogP contribution < -0.4 is 10.6 Å². The average molecular weight is 273 g/mol. The Morgan fingerprint density at radius 2 is 2.40 bits per heavy atom. The number of hydrogen-bond donors (Lipinski definition) is 3. The van der Waals surface area contributed by atoms with Gasteiger partial charge in [-0.3, -0.25) is 4.79 Å². The van der Waals surface area contributed by atoms with Crippen LogP contribution >= 0.6 is 0 Å². The van der Waals surface area contributed by atoms with Crippen molar-refractivity contribution < 1.29 is 4.79 Å². The third-order valence-electron chi connectivity index (χ3n) is 3.98. The number of carbonyl (C=O) groups excluding carboxylic acids is 1. The average Bonchev–Trinajstić information content (AvgIpc) is 3.12. The molecule has 0 radical (unpaired) electrons. The molecular formula is C14H19N5O. The van der Waals surface area contributed by atoms with Crippen molar-refractivity contribution in [3.8, 4) is 0 Å². The second-order valence-electron chi connectivity index (χ2n) is 5.22. The van der Waals surface area contributed by atoms with E-state index in [1.54, 1.807) is 12.4 Å². The van der Waals surface area contributed by atoms with Gasteiger partial charge in [-0.05, 0) is 18.5 Å². The second kappa shape index (κ2) is 5.58. The summed E-state index contributed by atoms with van der Waals surface area (Å²) in [5.74, 6) is 1.47. The smallest absolute Gasteiger partial charge is 0.156 e. The summed E-state index contributed by atoms with van der Waals surface area (Å²) in [5.41, 5.74) is 1.56. The highest BCUT2D eigenvalue weighted by Crippen LogP contribution is 2.21. The Kier molecular flexibility index (Phi) is 3.64. The van der Waals surface area contributed by atoms with Gasteiger partial charge in [0.05, 0.1) is 12.7 Å². The highest BCUT2D eigenvalue weighted by atomic mass is 16.1. The molecule has 1 aliphatic rings. The zero-order valence-corrected chi connectivity index (χ0v) is 11.5. The molecule has 1 fully saturated rings. The monoisotopic (exact) mass is 273 g/mol. The first-order valence-corrected chi connectivity index (χ1v) is 7.05. The van der Waals surface area contributed by atoms with Crippen molar-refractivity contribution in [2.24, 2.45) is 11.8 Å². The number of nitrogens with zero attached hydrogens (tertiary/aromatic N) is 2. The Bertz CT molecular complexity index is 608. The van der Waals surface area contributed by atoms with Crippen LogP contribution in [0.1, 0.15) is 13.3 Å². The largest absolute Gasteiger partial charge is 0.362 e. The molecule has 20 heavy (non-hydrogen) atoms. The summed E-state index contributed by atoms with van der Waals surface area (Å²) in [4.78, 5) is 23.9. The number of hydrogen-bond acceptors (Lipinski definition) is 5. The van der Waals surface area contributed by atoms with E-state index in [1.807, 2.05) is 6.07 Å². The van der Waals surface area contributed by atoms with Crippen LogP contribution in [0.25, 0.3) is 11.2 Å². The van der Waals surface area contributed by atoms with E-state index in [0.717, 1.165) is 30.7 Å². The number of fused-ring (bicyclic) bond motifs is 1. The fraction of sp³-hybridized carbons (Fsp3) is 0.500. The number of aromatic nitrogens is 3. The summed E-state index contributed by atoms with van der Waals surface area (Å²) in [6.07, 6.45) is 4.49. The molecule has 3 N–H and O–H groups in total. The van der Waals surface area contributed by atoms with Crippen molar-refractivity contribution in [3.05, 3.63) is 18.5 Å². The van der Waals surface area contributed by atoms with E-state index in [0.29, 0.717) is 18.3 Å². The maximum absolute atomic E-state index is 12.2. The van der Waals surface area contributed by atoms with Crippen LogP contribution in [0.3, 0.4) is 0 Å². The normalized spacial score (nSPS) is 22.2. The van der Waals surface area contributed by atoms with Crippen molar-refractivity contribution in [1.29, 1.82) is 0 Å². The molecule has 0 bridgehead atoms. The van der Waals surface area contributed by atoms with Gasteiger partial charge in [0, 0.05) is 18.7 Å². The molecule has 6 nitrogen and oxygen atoms in total. The molecule has 0 aliphatic carbocycles. The molecule has 1 saturated heterocycles. The summed E-state index contributed by atoms with van der Waals surface area (Å²) in [5, 5.41) is 6.38. The topological polar surface area (TPSA) is 82.7 Å². The zero-order valence-electron chi connectivity index (χ0n) is 11.5.